The second-order valence-corrected chi connectivity index (χ2v) is 12.4. The predicted molar refractivity (Wildman–Crippen MR) is 201 cm³/mol. The van der Waals surface area contributed by atoms with Crippen LogP contribution in [0.1, 0.15) is 53.4 Å². The van der Waals surface area contributed by atoms with Gasteiger partial charge in [-0.2, -0.15) is 0 Å². The summed E-state index contributed by atoms with van der Waals surface area (Å²) in [6, 6.07) is 43.9. The number of nitrogens with zero attached hydrogens (tertiary/aromatic N) is 2. The first-order valence-electron chi connectivity index (χ1n) is 17.2. The number of ketones is 1. The molecule has 0 saturated carbocycles. The average molecular weight is 824 g/mol. The minimum atomic E-state index is 0. The van der Waals surface area contributed by atoms with Crippen LogP contribution in [0.4, 0.5) is 17.1 Å². The molecule has 0 bridgehead atoms. The van der Waals surface area contributed by atoms with Crippen molar-refractivity contribution in [3.63, 3.8) is 0 Å². The van der Waals surface area contributed by atoms with E-state index in [1.54, 1.807) is 0 Å². The maximum Gasteiger partial charge on any atom is 0.162 e. The van der Waals surface area contributed by atoms with E-state index in [0.29, 0.717) is 0 Å². The Morgan fingerprint density at radius 3 is 2.10 bits per heavy atom. The van der Waals surface area contributed by atoms with Crippen LogP contribution in [-0.2, 0) is 24.9 Å². The molecule has 0 atom stereocenters. The largest absolute Gasteiger partial charge is 0.512 e. The Balaban J connectivity index is 0.000000252. The van der Waals surface area contributed by atoms with Gasteiger partial charge in [-0.1, -0.05) is 111 Å². The summed E-state index contributed by atoms with van der Waals surface area (Å²) in [5, 5.41) is 13.3. The number of aliphatic hydroxyl groups is 1. The molecule has 6 aromatic rings. The first-order valence-corrected chi connectivity index (χ1v) is 17.2. The van der Waals surface area contributed by atoms with E-state index in [1.807, 2.05) is 33.8 Å². The second kappa shape index (κ2) is 16.2. The molecule has 1 aliphatic heterocycles. The van der Waals surface area contributed by atoms with Crippen molar-refractivity contribution < 1.29 is 30.0 Å². The smallest absolute Gasteiger partial charge is 0.162 e. The summed E-state index contributed by atoms with van der Waals surface area (Å²) in [7, 11) is 0. The molecule has 0 aliphatic carbocycles. The zero-order chi connectivity index (χ0) is 33.6. The van der Waals surface area contributed by atoms with E-state index in [-0.39, 0.29) is 43.5 Å². The van der Waals surface area contributed by atoms with E-state index in [0.717, 1.165) is 64.9 Å². The van der Waals surface area contributed by atoms with Crippen molar-refractivity contribution in [2.45, 2.75) is 53.4 Å². The Morgan fingerprint density at radius 2 is 1.43 bits per heavy atom. The third kappa shape index (κ3) is 7.25. The Hall–Kier alpha value is -4.57. The maximum absolute atomic E-state index is 11.7. The number of rotatable bonds is 9. The fourth-order valence-corrected chi connectivity index (χ4v) is 6.80. The Morgan fingerprint density at radius 1 is 0.776 bits per heavy atom. The molecule has 0 amide bonds. The summed E-state index contributed by atoms with van der Waals surface area (Å²) >= 11 is 0. The molecule has 7 rings (SSSR count). The number of anilines is 3. The number of hydrogen-bond donors (Lipinski definition) is 1. The SMILES string of the molecule is CCC(CC)C(=O)/C=C(\O)C(CC)CC.[Ir].[c-]1ccc2cccc3c2c1-c1nc2cccc(-c4ccccc4)c2cc1N3c1ccccc1. The first-order chi connectivity index (χ1) is 23.5. The van der Waals surface area contributed by atoms with E-state index < -0.39 is 0 Å². The molecular weight excluding hydrogens is 781 g/mol. The standard InChI is InChI=1S/C31H19N2.C13H24O2.Ir/c1-3-10-21(11-4-1)24-16-9-18-27-26(24)20-29-31(32-27)25-17-7-12-22-13-8-19-28(30(22)25)33(29)23-14-5-2-6-15-23;1-5-10(6-2)12(14)9-13(15)11(7-3)8-4;/h1-16,18-20H;9-11,14H,5-8H2,1-4H3;/q-1;;/b;12-9-;. The summed E-state index contributed by atoms with van der Waals surface area (Å²) in [6.07, 6.45) is 4.91. The third-order valence-corrected chi connectivity index (χ3v) is 9.55. The summed E-state index contributed by atoms with van der Waals surface area (Å²) in [6.45, 7) is 8.07. The second-order valence-electron chi connectivity index (χ2n) is 12.4. The maximum atomic E-state index is 11.7. The van der Waals surface area contributed by atoms with Gasteiger partial charge in [0.25, 0.3) is 0 Å². The monoisotopic (exact) mass is 824 g/mol. The number of fused-ring (bicyclic) bond motifs is 3. The van der Waals surface area contributed by atoms with Crippen molar-refractivity contribution in [3.05, 3.63) is 133 Å². The minimum Gasteiger partial charge on any atom is -0.512 e. The molecule has 0 unspecified atom stereocenters. The van der Waals surface area contributed by atoms with Gasteiger partial charge in [0.1, 0.15) is 0 Å². The molecule has 0 spiro atoms. The van der Waals surface area contributed by atoms with E-state index in [4.69, 9.17) is 4.98 Å². The molecule has 0 saturated heterocycles. The number of pyridine rings is 1. The minimum absolute atomic E-state index is 0. The van der Waals surface area contributed by atoms with Gasteiger partial charge in [-0.15, -0.1) is 23.8 Å². The Kier molecular flexibility index (Phi) is 11.8. The van der Waals surface area contributed by atoms with Crippen molar-refractivity contribution in [1.82, 2.24) is 4.98 Å². The molecule has 2 heterocycles. The van der Waals surface area contributed by atoms with Crippen molar-refractivity contribution in [1.29, 1.82) is 0 Å². The van der Waals surface area contributed by atoms with Crippen LogP contribution in [0, 0.1) is 17.9 Å². The summed E-state index contributed by atoms with van der Waals surface area (Å²) < 4.78 is 0. The molecule has 1 radical (unpaired) electrons. The van der Waals surface area contributed by atoms with Gasteiger partial charge >= 0.3 is 0 Å². The van der Waals surface area contributed by atoms with Crippen molar-refractivity contribution in [3.8, 4) is 22.4 Å². The van der Waals surface area contributed by atoms with Crippen molar-refractivity contribution >= 4 is 44.5 Å². The van der Waals surface area contributed by atoms with Crippen LogP contribution in [0.2, 0.25) is 0 Å². The summed E-state index contributed by atoms with van der Waals surface area (Å²) in [5.41, 5.74) is 8.79. The predicted octanol–water partition coefficient (Wildman–Crippen LogP) is 12.2. The molecule has 0 fully saturated rings. The van der Waals surface area contributed by atoms with Crippen LogP contribution in [0.15, 0.2) is 127 Å². The Labute approximate surface area is 303 Å². The third-order valence-electron chi connectivity index (χ3n) is 9.55. The first kappa shape index (κ1) is 35.7. The zero-order valence-electron chi connectivity index (χ0n) is 28.6. The van der Waals surface area contributed by atoms with Gasteiger partial charge in [0, 0.05) is 66.2 Å². The van der Waals surface area contributed by atoms with Gasteiger partial charge in [-0.3, -0.25) is 9.78 Å². The zero-order valence-corrected chi connectivity index (χ0v) is 31.0. The number of aliphatic hydroxyl groups excluding tert-OH is 1. The van der Waals surface area contributed by atoms with Crippen LogP contribution in [0.25, 0.3) is 44.1 Å². The van der Waals surface area contributed by atoms with Crippen LogP contribution in [0.5, 0.6) is 0 Å². The molecule has 251 valence electrons. The fourth-order valence-electron chi connectivity index (χ4n) is 6.80. The van der Waals surface area contributed by atoms with Gasteiger partial charge in [0.05, 0.1) is 11.3 Å². The number of benzene rings is 5. The van der Waals surface area contributed by atoms with Crippen LogP contribution in [0.3, 0.4) is 0 Å². The molecule has 5 heteroatoms. The van der Waals surface area contributed by atoms with E-state index in [2.05, 4.69) is 120 Å². The van der Waals surface area contributed by atoms with Crippen molar-refractivity contribution in [2.24, 2.45) is 11.8 Å². The van der Waals surface area contributed by atoms with Gasteiger partial charge in [-0.25, -0.2) is 0 Å². The number of para-hydroxylation sites is 1. The number of hydrogen-bond acceptors (Lipinski definition) is 4. The van der Waals surface area contributed by atoms with Gasteiger partial charge < -0.3 is 10.0 Å². The van der Waals surface area contributed by atoms with Crippen molar-refractivity contribution in [2.75, 3.05) is 4.90 Å². The molecule has 49 heavy (non-hydrogen) atoms. The summed E-state index contributed by atoms with van der Waals surface area (Å²) in [5.74, 6) is 0.547. The van der Waals surface area contributed by atoms with Gasteiger partial charge in [0.15, 0.2) is 5.78 Å². The normalized spacial score (nSPS) is 12.0. The van der Waals surface area contributed by atoms with Crippen LogP contribution >= 0.6 is 0 Å². The number of carbonyl (C=O) groups is 1. The number of allylic oxidation sites excluding steroid dienone is 2. The topological polar surface area (TPSA) is 53.4 Å². The number of carbonyl (C=O) groups excluding carboxylic acids is 1. The quantitative estimate of drug-likeness (QED) is 0.0895. The van der Waals surface area contributed by atoms with Crippen LogP contribution < -0.4 is 4.90 Å². The fraction of sp³-hybridized carbons (Fsp3) is 0.227. The van der Waals surface area contributed by atoms with Gasteiger partial charge in [0.2, 0.25) is 0 Å². The summed E-state index contributed by atoms with van der Waals surface area (Å²) in [4.78, 5) is 19.3. The molecular formula is C44H43IrN2O2-. The van der Waals surface area contributed by atoms with Gasteiger partial charge in [-0.05, 0) is 67.1 Å². The van der Waals surface area contributed by atoms with E-state index in [1.165, 1.54) is 28.0 Å². The Bertz CT molecular complexity index is 2060. The van der Waals surface area contributed by atoms with Crippen LogP contribution in [-0.4, -0.2) is 15.9 Å². The number of aromatic nitrogens is 1. The molecule has 4 nitrogen and oxygen atoms in total. The molecule has 1 aromatic heterocycles. The molecule has 5 aromatic carbocycles. The molecule has 1 N–H and O–H groups in total. The van der Waals surface area contributed by atoms with E-state index >= 15 is 0 Å². The van der Waals surface area contributed by atoms with E-state index in [9.17, 15) is 9.90 Å². The molecule has 1 aliphatic rings. The average Bonchev–Trinajstić information content (AvgIpc) is 3.13.